The predicted octanol–water partition coefficient (Wildman–Crippen LogP) is 6.95. The molecule has 1 aromatic carbocycles. The van der Waals surface area contributed by atoms with Crippen molar-refractivity contribution in [3.63, 3.8) is 0 Å². The lowest BCUT2D eigenvalue weighted by Crippen LogP contribution is -2.28. The van der Waals surface area contributed by atoms with E-state index in [2.05, 4.69) is 33.8 Å². The predicted molar refractivity (Wildman–Crippen MR) is 137 cm³/mol. The van der Waals surface area contributed by atoms with Gasteiger partial charge in [-0.2, -0.15) is 13.2 Å². The molecule has 192 valence electrons. The molecule has 0 saturated heterocycles. The molecule has 0 amide bonds. The number of nitrogens with zero attached hydrogens (tertiary/aromatic N) is 2. The number of allylic oxidation sites excluding steroid dienone is 2. The molecule has 0 spiro atoms. The van der Waals surface area contributed by atoms with E-state index in [4.69, 9.17) is 0 Å². The molecule has 0 unspecified atom stereocenters. The number of aliphatic imine (C=N–C) groups is 1. The molecule has 1 aliphatic heterocycles. The number of hydrogen-bond acceptors (Lipinski definition) is 4. The highest BCUT2D eigenvalue weighted by Crippen LogP contribution is 2.34. The van der Waals surface area contributed by atoms with Crippen LogP contribution in [0.15, 0.2) is 72.1 Å². The summed E-state index contributed by atoms with van der Waals surface area (Å²) in [6.07, 6.45) is -0.514. The Labute approximate surface area is 209 Å². The maximum absolute atomic E-state index is 13.9. The summed E-state index contributed by atoms with van der Waals surface area (Å²) in [6, 6.07) is 7.55. The van der Waals surface area contributed by atoms with E-state index in [1.54, 1.807) is 24.4 Å². The third kappa shape index (κ3) is 7.29. The number of nitrogens with one attached hydrogen (secondary N) is 2. The molecule has 4 nitrogen and oxygen atoms in total. The molecular formula is C28H32F4N4. The topological polar surface area (TPSA) is 49.3 Å². The molecule has 0 atom stereocenters. The van der Waals surface area contributed by atoms with Gasteiger partial charge in [0.15, 0.2) is 0 Å². The van der Waals surface area contributed by atoms with Crippen molar-refractivity contribution in [2.45, 2.75) is 58.9 Å². The molecule has 2 N–H and O–H groups in total. The van der Waals surface area contributed by atoms with Crippen LogP contribution in [0.5, 0.6) is 0 Å². The summed E-state index contributed by atoms with van der Waals surface area (Å²) in [7, 11) is 0. The van der Waals surface area contributed by atoms with Crippen molar-refractivity contribution in [2.75, 3.05) is 0 Å². The van der Waals surface area contributed by atoms with Crippen LogP contribution in [0, 0.1) is 5.92 Å². The van der Waals surface area contributed by atoms with Crippen molar-refractivity contribution in [3.05, 3.63) is 95.1 Å². The second kappa shape index (κ2) is 10.7. The van der Waals surface area contributed by atoms with Crippen LogP contribution in [0.2, 0.25) is 0 Å². The minimum atomic E-state index is -4.57. The molecule has 2 aromatic rings. The number of aryl methyl sites for hydroxylation is 1. The van der Waals surface area contributed by atoms with Gasteiger partial charge >= 0.3 is 6.18 Å². The quantitative estimate of drug-likeness (QED) is 0.367. The number of aromatic nitrogens is 1. The van der Waals surface area contributed by atoms with Crippen molar-refractivity contribution in [2.24, 2.45) is 10.9 Å². The van der Waals surface area contributed by atoms with E-state index in [0.717, 1.165) is 17.5 Å². The van der Waals surface area contributed by atoms with Gasteiger partial charge in [-0.15, -0.1) is 0 Å². The van der Waals surface area contributed by atoms with E-state index < -0.39 is 17.4 Å². The van der Waals surface area contributed by atoms with E-state index in [0.29, 0.717) is 41.9 Å². The average molecular weight is 501 g/mol. The SMILES string of the molecule is C=C1C=C(c2ccc(CCC(C)(C)F)nc2)N=C(c2cc(CNC(=C)C(C)C)ccc2C(F)(F)F)N1. The lowest BCUT2D eigenvalue weighted by Gasteiger charge is -2.21. The largest absolute Gasteiger partial charge is 0.417 e. The van der Waals surface area contributed by atoms with E-state index in [1.165, 1.54) is 26.0 Å². The minimum absolute atomic E-state index is 0.0533. The van der Waals surface area contributed by atoms with Crippen LogP contribution < -0.4 is 10.6 Å². The number of alkyl halides is 4. The van der Waals surface area contributed by atoms with Gasteiger partial charge in [0.2, 0.25) is 0 Å². The summed E-state index contributed by atoms with van der Waals surface area (Å²) in [5, 5.41) is 6.04. The Bertz CT molecular complexity index is 1180. The molecule has 1 aliphatic rings. The smallest absolute Gasteiger partial charge is 0.385 e. The van der Waals surface area contributed by atoms with Gasteiger partial charge in [0.1, 0.15) is 11.5 Å². The monoisotopic (exact) mass is 500 g/mol. The number of halogens is 4. The third-order valence-corrected chi connectivity index (χ3v) is 5.78. The van der Waals surface area contributed by atoms with E-state index >= 15 is 0 Å². The van der Waals surface area contributed by atoms with Crippen LogP contribution in [-0.2, 0) is 19.1 Å². The fourth-order valence-electron chi connectivity index (χ4n) is 3.52. The molecule has 8 heteroatoms. The van der Waals surface area contributed by atoms with Crippen molar-refractivity contribution >= 4 is 11.5 Å². The summed E-state index contributed by atoms with van der Waals surface area (Å²) in [5.41, 5.74) is 1.49. The number of hydrogen-bond donors (Lipinski definition) is 2. The lowest BCUT2D eigenvalue weighted by atomic mass is 10.0. The maximum Gasteiger partial charge on any atom is 0.417 e. The molecular weight excluding hydrogens is 468 g/mol. The standard InChI is InChI=1S/C28H32F4N4/c1-17(2)19(4)33-15-20-7-10-24(28(30,31)32)23(14-20)26-35-18(3)13-25(36-26)21-8-9-22(34-16-21)11-12-27(5,6)29/h7-10,13-14,16-17,33H,3-4,11-12,15H2,1-2,5-6H3,(H,35,36). The number of benzene rings is 1. The minimum Gasteiger partial charge on any atom is -0.385 e. The zero-order valence-corrected chi connectivity index (χ0v) is 21.1. The second-order valence-electron chi connectivity index (χ2n) is 9.81. The van der Waals surface area contributed by atoms with Crippen LogP contribution in [-0.4, -0.2) is 16.5 Å². The van der Waals surface area contributed by atoms with Gasteiger partial charge in [0.25, 0.3) is 0 Å². The van der Waals surface area contributed by atoms with Crippen molar-refractivity contribution in [1.29, 1.82) is 0 Å². The number of rotatable bonds is 9. The lowest BCUT2D eigenvalue weighted by molar-refractivity contribution is -0.137. The van der Waals surface area contributed by atoms with Crippen LogP contribution in [0.3, 0.4) is 0 Å². The Balaban J connectivity index is 1.93. The Morgan fingerprint density at radius 2 is 1.83 bits per heavy atom. The first kappa shape index (κ1) is 27.2. The molecule has 3 rings (SSSR count). The molecule has 0 fully saturated rings. The highest BCUT2D eigenvalue weighted by molar-refractivity contribution is 6.05. The molecule has 2 heterocycles. The fraction of sp³-hybridized carbons (Fsp3) is 0.357. The Kier molecular flexibility index (Phi) is 8.06. The summed E-state index contributed by atoms with van der Waals surface area (Å²) in [5.74, 6) is 0.250. The van der Waals surface area contributed by atoms with Crippen molar-refractivity contribution in [1.82, 2.24) is 15.6 Å². The highest BCUT2D eigenvalue weighted by Gasteiger charge is 2.35. The van der Waals surface area contributed by atoms with Crippen LogP contribution in [0.4, 0.5) is 17.6 Å². The first-order chi connectivity index (χ1) is 16.7. The molecule has 0 bridgehead atoms. The Hall–Kier alpha value is -3.42. The first-order valence-corrected chi connectivity index (χ1v) is 11.8. The molecule has 36 heavy (non-hydrogen) atoms. The third-order valence-electron chi connectivity index (χ3n) is 5.78. The van der Waals surface area contributed by atoms with Crippen molar-refractivity contribution in [3.8, 4) is 0 Å². The Morgan fingerprint density at radius 1 is 1.11 bits per heavy atom. The van der Waals surface area contributed by atoms with Crippen LogP contribution in [0.1, 0.15) is 62.1 Å². The van der Waals surface area contributed by atoms with Gasteiger partial charge in [-0.3, -0.25) is 4.98 Å². The average Bonchev–Trinajstić information content (AvgIpc) is 2.79. The van der Waals surface area contributed by atoms with E-state index in [1.807, 2.05) is 13.8 Å². The van der Waals surface area contributed by atoms with Gasteiger partial charge in [-0.1, -0.05) is 33.1 Å². The zero-order chi connectivity index (χ0) is 26.7. The summed E-state index contributed by atoms with van der Waals surface area (Å²) >= 11 is 0. The van der Waals surface area contributed by atoms with Gasteiger partial charge in [-0.05, 0) is 68.5 Å². The zero-order valence-electron chi connectivity index (χ0n) is 21.1. The van der Waals surface area contributed by atoms with Gasteiger partial charge in [0, 0.05) is 41.0 Å². The molecule has 0 saturated carbocycles. The first-order valence-electron chi connectivity index (χ1n) is 11.8. The molecule has 0 radical (unpaired) electrons. The fourth-order valence-corrected chi connectivity index (χ4v) is 3.52. The van der Waals surface area contributed by atoms with Gasteiger partial charge in [-0.25, -0.2) is 9.38 Å². The second-order valence-corrected chi connectivity index (χ2v) is 9.81. The number of amidine groups is 1. The highest BCUT2D eigenvalue weighted by atomic mass is 19.4. The van der Waals surface area contributed by atoms with Gasteiger partial charge in [0.05, 0.1) is 11.3 Å². The summed E-state index contributed by atoms with van der Waals surface area (Å²) in [4.78, 5) is 8.88. The summed E-state index contributed by atoms with van der Waals surface area (Å²) in [6.45, 7) is 15.2. The van der Waals surface area contributed by atoms with Gasteiger partial charge < -0.3 is 10.6 Å². The summed E-state index contributed by atoms with van der Waals surface area (Å²) < 4.78 is 55.5. The molecule has 1 aromatic heterocycles. The Morgan fingerprint density at radius 3 is 2.42 bits per heavy atom. The van der Waals surface area contributed by atoms with Crippen molar-refractivity contribution < 1.29 is 17.6 Å². The number of pyridine rings is 1. The van der Waals surface area contributed by atoms with E-state index in [-0.39, 0.29) is 17.3 Å². The normalized spacial score (nSPS) is 14.3. The van der Waals surface area contributed by atoms with E-state index in [9.17, 15) is 17.6 Å². The van der Waals surface area contributed by atoms with Crippen LogP contribution in [0.25, 0.3) is 5.70 Å². The van der Waals surface area contributed by atoms with Crippen LogP contribution >= 0.6 is 0 Å². The molecule has 0 aliphatic carbocycles. The maximum atomic E-state index is 13.9.